The second-order valence-electron chi connectivity index (χ2n) is 5.52. The van der Waals surface area contributed by atoms with Gasteiger partial charge in [-0.05, 0) is 49.1 Å². The number of allylic oxidation sites excluding steroid dienone is 4. The molecule has 0 heterocycles. The first-order valence-corrected chi connectivity index (χ1v) is 7.56. The number of nitrogens with one attached hydrogen (secondary N) is 1. The molecule has 0 radical (unpaired) electrons. The average molecular weight is 288 g/mol. The van der Waals surface area contributed by atoms with E-state index < -0.39 is 0 Å². The van der Waals surface area contributed by atoms with Gasteiger partial charge in [-0.3, -0.25) is 5.43 Å². The summed E-state index contributed by atoms with van der Waals surface area (Å²) >= 11 is 0. The highest BCUT2D eigenvalue weighted by Gasteiger charge is 2.14. The van der Waals surface area contributed by atoms with Gasteiger partial charge in [0.25, 0.3) is 0 Å². The minimum atomic E-state index is 0.991. The molecular formula is C20H20N2. The van der Waals surface area contributed by atoms with Crippen molar-refractivity contribution < 1.29 is 0 Å². The Morgan fingerprint density at radius 2 is 1.68 bits per heavy atom. The molecule has 3 rings (SSSR count). The molecule has 0 atom stereocenters. The molecule has 0 spiro atoms. The molecule has 0 fully saturated rings. The van der Waals surface area contributed by atoms with E-state index >= 15 is 0 Å². The topological polar surface area (TPSA) is 24.4 Å². The fourth-order valence-corrected chi connectivity index (χ4v) is 2.68. The lowest BCUT2D eigenvalue weighted by Crippen LogP contribution is -1.95. The Hall–Kier alpha value is -2.61. The van der Waals surface area contributed by atoms with Gasteiger partial charge in [0.15, 0.2) is 0 Å². The molecule has 1 aliphatic rings. The summed E-state index contributed by atoms with van der Waals surface area (Å²) in [6.45, 7) is 4.38. The number of hydrogen-bond acceptors (Lipinski definition) is 2. The molecule has 1 aliphatic carbocycles. The quantitative estimate of drug-likeness (QED) is 0.602. The summed E-state index contributed by atoms with van der Waals surface area (Å²) in [4.78, 5) is 0. The lowest BCUT2D eigenvalue weighted by atomic mass is 9.96. The molecule has 0 saturated heterocycles. The van der Waals surface area contributed by atoms with E-state index in [1.807, 2.05) is 36.5 Å². The normalized spacial score (nSPS) is 14.5. The van der Waals surface area contributed by atoms with Crippen LogP contribution in [0.3, 0.4) is 0 Å². The first-order valence-electron chi connectivity index (χ1n) is 7.56. The second-order valence-corrected chi connectivity index (χ2v) is 5.52. The highest BCUT2D eigenvalue weighted by atomic mass is 15.3. The fraction of sp³-hybridized carbons (Fsp3) is 0.150. The molecule has 0 amide bonds. The zero-order valence-corrected chi connectivity index (χ0v) is 13.0. The van der Waals surface area contributed by atoms with E-state index in [-0.39, 0.29) is 0 Å². The first-order chi connectivity index (χ1) is 10.8. The van der Waals surface area contributed by atoms with Gasteiger partial charge in [0, 0.05) is 5.56 Å². The van der Waals surface area contributed by atoms with Crippen LogP contribution in [0.25, 0.3) is 5.57 Å². The molecule has 0 unspecified atom stereocenters. The van der Waals surface area contributed by atoms with Crippen molar-refractivity contribution in [2.75, 3.05) is 5.43 Å². The maximum Gasteiger partial charge on any atom is 0.0561 e. The zero-order chi connectivity index (χ0) is 15.4. The van der Waals surface area contributed by atoms with E-state index in [0.717, 1.165) is 17.7 Å². The predicted octanol–water partition coefficient (Wildman–Crippen LogP) is 5.26. The van der Waals surface area contributed by atoms with Crippen molar-refractivity contribution in [2.24, 2.45) is 5.10 Å². The summed E-state index contributed by atoms with van der Waals surface area (Å²) in [5.74, 6) is 0. The molecule has 0 aliphatic heterocycles. The van der Waals surface area contributed by atoms with Crippen molar-refractivity contribution in [2.45, 2.75) is 20.3 Å². The van der Waals surface area contributed by atoms with Gasteiger partial charge in [0.05, 0.1) is 11.9 Å². The Bertz CT molecular complexity index is 752. The van der Waals surface area contributed by atoms with Crippen molar-refractivity contribution in [3.8, 4) is 0 Å². The van der Waals surface area contributed by atoms with Crippen molar-refractivity contribution in [3.63, 3.8) is 0 Å². The summed E-state index contributed by atoms with van der Waals surface area (Å²) in [6, 6.07) is 18.4. The van der Waals surface area contributed by atoms with Crippen LogP contribution in [0.4, 0.5) is 5.69 Å². The summed E-state index contributed by atoms with van der Waals surface area (Å²) < 4.78 is 0. The van der Waals surface area contributed by atoms with E-state index in [0.29, 0.717) is 0 Å². The highest BCUT2D eigenvalue weighted by molar-refractivity contribution is 5.91. The molecule has 2 aromatic carbocycles. The monoisotopic (exact) mass is 288 g/mol. The van der Waals surface area contributed by atoms with Crippen LogP contribution >= 0.6 is 0 Å². The number of hydrazone groups is 1. The third-order valence-electron chi connectivity index (χ3n) is 4.11. The van der Waals surface area contributed by atoms with Crippen LogP contribution in [0.2, 0.25) is 0 Å². The van der Waals surface area contributed by atoms with Crippen LogP contribution in [0.1, 0.15) is 31.4 Å². The summed E-state index contributed by atoms with van der Waals surface area (Å²) in [6.07, 6.45) is 5.20. The summed E-state index contributed by atoms with van der Waals surface area (Å²) in [5, 5.41) is 4.37. The lowest BCUT2D eigenvalue weighted by Gasteiger charge is -2.09. The summed E-state index contributed by atoms with van der Waals surface area (Å²) in [5.41, 5.74) is 10.6. The second kappa shape index (κ2) is 6.44. The number of benzene rings is 2. The Morgan fingerprint density at radius 3 is 2.41 bits per heavy atom. The van der Waals surface area contributed by atoms with Crippen LogP contribution < -0.4 is 5.43 Å². The van der Waals surface area contributed by atoms with E-state index in [2.05, 4.69) is 54.7 Å². The van der Waals surface area contributed by atoms with E-state index in [1.165, 1.54) is 22.3 Å². The van der Waals surface area contributed by atoms with Crippen molar-refractivity contribution in [3.05, 3.63) is 82.9 Å². The van der Waals surface area contributed by atoms with Gasteiger partial charge in [-0.1, -0.05) is 54.1 Å². The average Bonchev–Trinajstić information content (AvgIpc) is 2.88. The molecule has 0 bridgehead atoms. The maximum atomic E-state index is 4.37. The van der Waals surface area contributed by atoms with Crippen LogP contribution in [-0.4, -0.2) is 6.21 Å². The number of para-hydroxylation sites is 1. The lowest BCUT2D eigenvalue weighted by molar-refractivity contribution is 1.34. The first kappa shape index (κ1) is 14.3. The number of anilines is 1. The molecule has 0 aromatic heterocycles. The van der Waals surface area contributed by atoms with Crippen LogP contribution in [-0.2, 0) is 0 Å². The minimum absolute atomic E-state index is 0.991. The molecule has 2 nitrogen and oxygen atoms in total. The molecule has 2 aromatic rings. The van der Waals surface area contributed by atoms with Crippen LogP contribution in [0.5, 0.6) is 0 Å². The van der Waals surface area contributed by atoms with Gasteiger partial charge in [-0.15, -0.1) is 0 Å². The van der Waals surface area contributed by atoms with Gasteiger partial charge in [-0.2, -0.15) is 5.10 Å². The van der Waals surface area contributed by atoms with Gasteiger partial charge in [0.1, 0.15) is 0 Å². The maximum absolute atomic E-state index is 4.37. The largest absolute Gasteiger partial charge is 0.279 e. The molecular weight excluding hydrogens is 268 g/mol. The molecule has 0 saturated carbocycles. The van der Waals surface area contributed by atoms with E-state index in [1.54, 1.807) is 0 Å². The third kappa shape index (κ3) is 3.01. The highest BCUT2D eigenvalue weighted by Crippen LogP contribution is 2.34. The van der Waals surface area contributed by atoms with Gasteiger partial charge in [-0.25, -0.2) is 0 Å². The predicted molar refractivity (Wildman–Crippen MR) is 95.1 cm³/mol. The summed E-state index contributed by atoms with van der Waals surface area (Å²) in [7, 11) is 0. The fourth-order valence-electron chi connectivity index (χ4n) is 2.68. The number of hydrogen-bond donors (Lipinski definition) is 1. The Labute approximate surface area is 131 Å². The Balaban J connectivity index is 1.84. The van der Waals surface area contributed by atoms with E-state index in [4.69, 9.17) is 0 Å². The van der Waals surface area contributed by atoms with Gasteiger partial charge >= 0.3 is 0 Å². The molecule has 110 valence electrons. The number of rotatable bonds is 4. The van der Waals surface area contributed by atoms with Gasteiger partial charge < -0.3 is 0 Å². The van der Waals surface area contributed by atoms with Crippen LogP contribution in [0.15, 0.2) is 76.9 Å². The Kier molecular flexibility index (Phi) is 4.19. The standard InChI is InChI=1S/C20H20N2/c1-15-12-13-19(16(15)2)20-11-7-6-8-17(20)14-21-22-18-9-4-3-5-10-18/h3-12,14,22H,13H2,1-2H3/b21-14+. The zero-order valence-electron chi connectivity index (χ0n) is 13.0. The SMILES string of the molecule is CC1=CCC(c2ccccc2/C=N/Nc2ccccc2)=C1C. The molecule has 2 heteroatoms. The minimum Gasteiger partial charge on any atom is -0.279 e. The van der Waals surface area contributed by atoms with Crippen molar-refractivity contribution >= 4 is 17.5 Å². The van der Waals surface area contributed by atoms with Crippen molar-refractivity contribution in [1.29, 1.82) is 0 Å². The smallest absolute Gasteiger partial charge is 0.0561 e. The van der Waals surface area contributed by atoms with Crippen LogP contribution in [0, 0.1) is 0 Å². The van der Waals surface area contributed by atoms with Gasteiger partial charge in [0.2, 0.25) is 0 Å². The Morgan fingerprint density at radius 1 is 0.955 bits per heavy atom. The molecule has 1 N–H and O–H groups in total. The van der Waals surface area contributed by atoms with E-state index in [9.17, 15) is 0 Å². The van der Waals surface area contributed by atoms with Crippen molar-refractivity contribution in [1.82, 2.24) is 0 Å². The number of nitrogens with zero attached hydrogens (tertiary/aromatic N) is 1. The third-order valence-corrected chi connectivity index (χ3v) is 4.11. The molecule has 22 heavy (non-hydrogen) atoms.